The van der Waals surface area contributed by atoms with Crippen LogP contribution in [-0.4, -0.2) is 34.2 Å². The Morgan fingerprint density at radius 2 is 1.93 bits per heavy atom. The van der Waals surface area contributed by atoms with Gasteiger partial charge < -0.3 is 15.4 Å². The zero-order valence-corrected chi connectivity index (χ0v) is 15.8. The number of hydrogen-bond acceptors (Lipinski definition) is 6. The van der Waals surface area contributed by atoms with Crippen LogP contribution >= 0.6 is 0 Å². The minimum atomic E-state index is -0.0906. The average molecular weight is 377 g/mol. The summed E-state index contributed by atoms with van der Waals surface area (Å²) in [5.41, 5.74) is 9.30. The molecule has 4 rings (SSSR count). The van der Waals surface area contributed by atoms with Crippen LogP contribution in [0.4, 0.5) is 5.95 Å². The van der Waals surface area contributed by atoms with Gasteiger partial charge in [0.05, 0.1) is 18.8 Å². The van der Waals surface area contributed by atoms with Crippen molar-refractivity contribution >= 4 is 5.95 Å². The Morgan fingerprint density at radius 1 is 1.18 bits per heavy atom. The van der Waals surface area contributed by atoms with Crippen molar-refractivity contribution in [1.29, 1.82) is 0 Å². The van der Waals surface area contributed by atoms with E-state index in [4.69, 9.17) is 15.5 Å². The third kappa shape index (κ3) is 3.67. The van der Waals surface area contributed by atoms with Crippen molar-refractivity contribution in [2.45, 2.75) is 12.6 Å². The predicted molar refractivity (Wildman–Crippen MR) is 108 cm³/mol. The first-order valence-corrected chi connectivity index (χ1v) is 9.29. The van der Waals surface area contributed by atoms with Gasteiger partial charge in [0, 0.05) is 44.2 Å². The number of anilines is 1. The molecule has 0 saturated carbocycles. The van der Waals surface area contributed by atoms with Gasteiger partial charge in [-0.1, -0.05) is 24.3 Å². The molecule has 1 atom stereocenters. The Morgan fingerprint density at radius 3 is 2.64 bits per heavy atom. The minimum absolute atomic E-state index is 0.0814. The maximum Gasteiger partial charge on any atom is 0.255 e. The summed E-state index contributed by atoms with van der Waals surface area (Å²) < 4.78 is 7.57. The van der Waals surface area contributed by atoms with Crippen molar-refractivity contribution in [3.63, 3.8) is 0 Å². The number of nitrogens with two attached hydrogens (primary N) is 1. The summed E-state index contributed by atoms with van der Waals surface area (Å²) in [6, 6.07) is 13.4. The highest BCUT2D eigenvalue weighted by molar-refractivity contribution is 5.59. The van der Waals surface area contributed by atoms with Gasteiger partial charge in [-0.3, -0.25) is 14.3 Å². The molecule has 7 nitrogen and oxygen atoms in total. The lowest BCUT2D eigenvalue weighted by molar-refractivity contribution is 0.0389. The van der Waals surface area contributed by atoms with Gasteiger partial charge in [-0.25, -0.2) is 4.98 Å². The van der Waals surface area contributed by atoms with Crippen molar-refractivity contribution in [3.8, 4) is 11.3 Å². The van der Waals surface area contributed by atoms with Crippen LogP contribution in [0.2, 0.25) is 0 Å². The van der Waals surface area contributed by atoms with E-state index in [2.05, 4.69) is 22.0 Å². The molecule has 0 amide bonds. The van der Waals surface area contributed by atoms with Gasteiger partial charge in [0.1, 0.15) is 6.10 Å². The quantitative estimate of drug-likeness (QED) is 0.747. The number of aromatic nitrogens is 3. The summed E-state index contributed by atoms with van der Waals surface area (Å²) in [6.45, 7) is 2.39. The SMILES string of the molecule is Cn1c(N2CCOC(c3ccc(CN)cc3)C2)nc(-c2ccncc2)cc1=O. The molecule has 1 aliphatic rings. The fourth-order valence-corrected chi connectivity index (χ4v) is 3.38. The molecule has 1 saturated heterocycles. The van der Waals surface area contributed by atoms with E-state index in [9.17, 15) is 4.79 Å². The molecular weight excluding hydrogens is 354 g/mol. The van der Waals surface area contributed by atoms with Crippen LogP contribution in [0.25, 0.3) is 11.3 Å². The summed E-state index contributed by atoms with van der Waals surface area (Å²) in [4.78, 5) is 23.4. The van der Waals surface area contributed by atoms with Gasteiger partial charge in [0.2, 0.25) is 5.95 Å². The fraction of sp³-hybridized carbons (Fsp3) is 0.286. The molecule has 1 aliphatic heterocycles. The third-order valence-electron chi connectivity index (χ3n) is 5.02. The molecule has 0 radical (unpaired) electrons. The zero-order chi connectivity index (χ0) is 19.5. The number of nitrogens with zero attached hydrogens (tertiary/aromatic N) is 4. The first-order valence-electron chi connectivity index (χ1n) is 9.29. The first-order chi connectivity index (χ1) is 13.7. The maximum atomic E-state index is 12.5. The van der Waals surface area contributed by atoms with Crippen LogP contribution in [0.15, 0.2) is 59.7 Å². The van der Waals surface area contributed by atoms with Gasteiger partial charge in [0.15, 0.2) is 0 Å². The molecule has 1 unspecified atom stereocenters. The van der Waals surface area contributed by atoms with Crippen LogP contribution in [-0.2, 0) is 18.3 Å². The van der Waals surface area contributed by atoms with E-state index in [0.29, 0.717) is 37.9 Å². The van der Waals surface area contributed by atoms with Crippen molar-refractivity contribution in [2.75, 3.05) is 24.6 Å². The number of pyridine rings is 1. The van der Waals surface area contributed by atoms with Crippen LogP contribution in [0.5, 0.6) is 0 Å². The molecule has 144 valence electrons. The minimum Gasteiger partial charge on any atom is -0.370 e. The Labute approximate surface area is 163 Å². The lowest BCUT2D eigenvalue weighted by Crippen LogP contribution is -2.41. The van der Waals surface area contributed by atoms with Gasteiger partial charge in [0.25, 0.3) is 5.56 Å². The molecule has 0 aliphatic carbocycles. The molecule has 1 aromatic carbocycles. The standard InChI is InChI=1S/C21H23N5O2/c1-25-20(27)12-18(16-6-8-23-9-7-16)24-21(25)26-10-11-28-19(14-26)17-4-2-15(13-22)3-5-17/h2-9,12,19H,10-11,13-14,22H2,1H3. The monoisotopic (exact) mass is 377 g/mol. The Hall–Kier alpha value is -3.03. The lowest BCUT2D eigenvalue weighted by Gasteiger charge is -2.34. The van der Waals surface area contributed by atoms with Crippen molar-refractivity contribution in [1.82, 2.24) is 14.5 Å². The van der Waals surface area contributed by atoms with Crippen molar-refractivity contribution < 1.29 is 4.74 Å². The molecule has 3 aromatic rings. The molecule has 0 spiro atoms. The molecule has 0 bridgehead atoms. The number of ether oxygens (including phenoxy) is 1. The number of hydrogen-bond donors (Lipinski definition) is 1. The highest BCUT2D eigenvalue weighted by Crippen LogP contribution is 2.26. The van der Waals surface area contributed by atoms with Crippen LogP contribution in [0, 0.1) is 0 Å². The Balaban J connectivity index is 1.64. The predicted octanol–water partition coefficient (Wildman–Crippen LogP) is 1.88. The second-order valence-electron chi connectivity index (χ2n) is 6.83. The van der Waals surface area contributed by atoms with Gasteiger partial charge in [-0.15, -0.1) is 0 Å². The average Bonchev–Trinajstić information content (AvgIpc) is 2.76. The number of benzene rings is 1. The van der Waals surface area contributed by atoms with Crippen LogP contribution < -0.4 is 16.2 Å². The van der Waals surface area contributed by atoms with E-state index in [1.54, 1.807) is 30.1 Å². The van der Waals surface area contributed by atoms with Gasteiger partial charge in [-0.2, -0.15) is 0 Å². The van der Waals surface area contributed by atoms with E-state index in [1.807, 2.05) is 24.3 Å². The van der Waals surface area contributed by atoms with Gasteiger partial charge in [-0.05, 0) is 23.3 Å². The van der Waals surface area contributed by atoms with E-state index < -0.39 is 0 Å². The highest BCUT2D eigenvalue weighted by atomic mass is 16.5. The first kappa shape index (κ1) is 18.3. The number of morpholine rings is 1. The largest absolute Gasteiger partial charge is 0.370 e. The third-order valence-corrected chi connectivity index (χ3v) is 5.02. The maximum absolute atomic E-state index is 12.5. The topological polar surface area (TPSA) is 86.3 Å². The Kier molecular flexibility index (Phi) is 5.18. The van der Waals surface area contributed by atoms with E-state index in [1.165, 1.54) is 0 Å². The summed E-state index contributed by atoms with van der Waals surface area (Å²) >= 11 is 0. The van der Waals surface area contributed by atoms with Crippen molar-refractivity contribution in [3.05, 3.63) is 76.3 Å². The molecule has 3 heterocycles. The molecule has 2 aromatic heterocycles. The fourth-order valence-electron chi connectivity index (χ4n) is 3.38. The smallest absolute Gasteiger partial charge is 0.255 e. The number of rotatable bonds is 4. The summed E-state index contributed by atoms with van der Waals surface area (Å²) in [5.74, 6) is 0.645. The molecular formula is C21H23N5O2. The summed E-state index contributed by atoms with van der Waals surface area (Å²) in [6.07, 6.45) is 3.32. The summed E-state index contributed by atoms with van der Waals surface area (Å²) in [5, 5.41) is 0. The van der Waals surface area contributed by atoms with Crippen molar-refractivity contribution in [2.24, 2.45) is 12.8 Å². The Bertz CT molecular complexity index is 1000. The van der Waals surface area contributed by atoms with E-state index >= 15 is 0 Å². The van der Waals surface area contributed by atoms with Gasteiger partial charge >= 0.3 is 0 Å². The van der Waals surface area contributed by atoms with E-state index in [0.717, 1.165) is 16.7 Å². The molecule has 28 heavy (non-hydrogen) atoms. The second kappa shape index (κ2) is 7.92. The molecule has 2 N–H and O–H groups in total. The van der Waals surface area contributed by atoms with Crippen LogP contribution in [0.1, 0.15) is 17.2 Å². The second-order valence-corrected chi connectivity index (χ2v) is 6.83. The molecule has 7 heteroatoms. The van der Waals surface area contributed by atoms with E-state index in [-0.39, 0.29) is 11.7 Å². The zero-order valence-electron chi connectivity index (χ0n) is 15.8. The molecule has 1 fully saturated rings. The highest BCUT2D eigenvalue weighted by Gasteiger charge is 2.25. The van der Waals surface area contributed by atoms with Crippen LogP contribution in [0.3, 0.4) is 0 Å². The normalized spacial score (nSPS) is 16.9. The summed E-state index contributed by atoms with van der Waals surface area (Å²) in [7, 11) is 1.75. The lowest BCUT2D eigenvalue weighted by atomic mass is 10.1.